The van der Waals surface area contributed by atoms with Crippen LogP contribution in [0.4, 0.5) is 5.82 Å². The molecule has 1 aromatic rings. The average molecular weight is 269 g/mol. The lowest BCUT2D eigenvalue weighted by molar-refractivity contribution is -0.122. The van der Waals surface area contributed by atoms with Crippen LogP contribution in [0.2, 0.25) is 0 Å². The van der Waals surface area contributed by atoms with Crippen LogP contribution in [0.25, 0.3) is 0 Å². The predicted molar refractivity (Wildman–Crippen MR) is 62.9 cm³/mol. The SMILES string of the molecule is CC1CN(c2cc(Br)ccn2)CCC1=O. The molecule has 1 fully saturated rings. The number of piperidine rings is 1. The van der Waals surface area contributed by atoms with Crippen molar-refractivity contribution in [2.24, 2.45) is 5.92 Å². The highest BCUT2D eigenvalue weighted by Crippen LogP contribution is 2.21. The summed E-state index contributed by atoms with van der Waals surface area (Å²) in [5.74, 6) is 1.43. The largest absolute Gasteiger partial charge is 0.355 e. The number of hydrogen-bond donors (Lipinski definition) is 0. The molecule has 0 N–H and O–H groups in total. The Morgan fingerprint density at radius 1 is 1.60 bits per heavy atom. The molecule has 1 aromatic heterocycles. The average Bonchev–Trinajstić information content (AvgIpc) is 2.22. The van der Waals surface area contributed by atoms with Gasteiger partial charge in [0.15, 0.2) is 0 Å². The number of Topliss-reactive ketones (excluding diaryl/α,β-unsaturated/α-hetero) is 1. The minimum absolute atomic E-state index is 0.125. The standard InChI is InChI=1S/C11H13BrN2O/c1-8-7-14(5-3-10(8)15)11-6-9(12)2-4-13-11/h2,4,6,8H,3,5,7H2,1H3. The van der Waals surface area contributed by atoms with Crippen molar-refractivity contribution >= 4 is 27.5 Å². The Kier molecular flexibility index (Phi) is 3.05. The third-order valence-corrected chi connectivity index (χ3v) is 3.20. The molecule has 0 bridgehead atoms. The first kappa shape index (κ1) is 10.6. The van der Waals surface area contributed by atoms with Gasteiger partial charge < -0.3 is 4.90 Å². The van der Waals surface area contributed by atoms with Gasteiger partial charge in [-0.05, 0) is 12.1 Å². The molecule has 15 heavy (non-hydrogen) atoms. The molecule has 80 valence electrons. The van der Waals surface area contributed by atoms with E-state index in [1.165, 1.54) is 0 Å². The Hall–Kier alpha value is -0.900. The monoisotopic (exact) mass is 268 g/mol. The second-order valence-electron chi connectivity index (χ2n) is 3.90. The number of rotatable bonds is 1. The summed E-state index contributed by atoms with van der Waals surface area (Å²) in [4.78, 5) is 17.9. The van der Waals surface area contributed by atoms with E-state index < -0.39 is 0 Å². The number of halogens is 1. The number of anilines is 1. The zero-order chi connectivity index (χ0) is 10.8. The van der Waals surface area contributed by atoms with Crippen molar-refractivity contribution < 1.29 is 4.79 Å². The first-order valence-corrected chi connectivity index (χ1v) is 5.85. The molecule has 3 nitrogen and oxygen atoms in total. The fraction of sp³-hybridized carbons (Fsp3) is 0.455. The minimum Gasteiger partial charge on any atom is -0.355 e. The quantitative estimate of drug-likeness (QED) is 0.784. The van der Waals surface area contributed by atoms with Crippen molar-refractivity contribution in [2.75, 3.05) is 18.0 Å². The van der Waals surface area contributed by atoms with E-state index in [0.29, 0.717) is 12.2 Å². The van der Waals surface area contributed by atoms with Crippen molar-refractivity contribution in [3.8, 4) is 0 Å². The molecule has 0 radical (unpaired) electrons. The van der Waals surface area contributed by atoms with Gasteiger partial charge in [0.2, 0.25) is 0 Å². The molecule has 0 amide bonds. The number of carbonyl (C=O) groups excluding carboxylic acids is 1. The van der Waals surface area contributed by atoms with Crippen LogP contribution in [0, 0.1) is 5.92 Å². The topological polar surface area (TPSA) is 33.2 Å². The molecule has 2 rings (SSSR count). The highest BCUT2D eigenvalue weighted by molar-refractivity contribution is 9.10. The van der Waals surface area contributed by atoms with Crippen LogP contribution in [0.1, 0.15) is 13.3 Å². The van der Waals surface area contributed by atoms with E-state index in [0.717, 1.165) is 23.4 Å². The van der Waals surface area contributed by atoms with Gasteiger partial charge in [-0.2, -0.15) is 0 Å². The summed E-state index contributed by atoms with van der Waals surface area (Å²) >= 11 is 3.42. The van der Waals surface area contributed by atoms with E-state index in [-0.39, 0.29) is 5.92 Å². The Bertz CT molecular complexity index is 381. The van der Waals surface area contributed by atoms with Crippen molar-refractivity contribution in [1.82, 2.24) is 4.98 Å². The van der Waals surface area contributed by atoms with Crippen LogP contribution >= 0.6 is 15.9 Å². The van der Waals surface area contributed by atoms with Crippen LogP contribution in [0.15, 0.2) is 22.8 Å². The van der Waals surface area contributed by atoms with Crippen LogP contribution in [-0.4, -0.2) is 23.9 Å². The zero-order valence-corrected chi connectivity index (χ0v) is 10.2. The summed E-state index contributed by atoms with van der Waals surface area (Å²) in [5, 5.41) is 0. The van der Waals surface area contributed by atoms with Gasteiger partial charge in [-0.1, -0.05) is 22.9 Å². The molecular weight excluding hydrogens is 256 g/mol. The van der Waals surface area contributed by atoms with E-state index in [2.05, 4.69) is 25.8 Å². The Morgan fingerprint density at radius 3 is 3.07 bits per heavy atom. The third kappa shape index (κ3) is 2.37. The Labute approximate surface area is 97.6 Å². The van der Waals surface area contributed by atoms with Gasteiger partial charge in [0, 0.05) is 36.1 Å². The summed E-state index contributed by atoms with van der Waals surface area (Å²) in [6, 6.07) is 3.89. The van der Waals surface area contributed by atoms with Gasteiger partial charge in [-0.25, -0.2) is 4.98 Å². The molecule has 1 aliphatic rings. The highest BCUT2D eigenvalue weighted by Gasteiger charge is 2.24. The maximum absolute atomic E-state index is 11.4. The van der Waals surface area contributed by atoms with E-state index >= 15 is 0 Å². The smallest absolute Gasteiger partial charge is 0.139 e. The predicted octanol–water partition coefficient (Wildman–Crippen LogP) is 2.26. The number of carbonyl (C=O) groups is 1. The van der Waals surface area contributed by atoms with Crippen molar-refractivity contribution in [3.63, 3.8) is 0 Å². The number of ketones is 1. The van der Waals surface area contributed by atoms with Crippen LogP contribution < -0.4 is 4.90 Å². The Balaban J connectivity index is 2.15. The summed E-state index contributed by atoms with van der Waals surface area (Å²) in [7, 11) is 0. The molecule has 0 spiro atoms. The summed E-state index contributed by atoms with van der Waals surface area (Å²) in [6.45, 7) is 3.54. The molecule has 0 saturated carbocycles. The van der Waals surface area contributed by atoms with Crippen molar-refractivity contribution in [2.45, 2.75) is 13.3 Å². The molecule has 1 saturated heterocycles. The Morgan fingerprint density at radius 2 is 2.40 bits per heavy atom. The normalized spacial score (nSPS) is 21.9. The summed E-state index contributed by atoms with van der Waals surface area (Å²) in [5.41, 5.74) is 0. The minimum atomic E-state index is 0.125. The fourth-order valence-electron chi connectivity index (χ4n) is 1.79. The van der Waals surface area contributed by atoms with Gasteiger partial charge >= 0.3 is 0 Å². The van der Waals surface area contributed by atoms with Gasteiger partial charge in [0.25, 0.3) is 0 Å². The lowest BCUT2D eigenvalue weighted by Gasteiger charge is -2.30. The molecule has 0 aromatic carbocycles. The lowest BCUT2D eigenvalue weighted by atomic mass is 9.99. The fourth-order valence-corrected chi connectivity index (χ4v) is 2.11. The molecule has 4 heteroatoms. The number of pyridine rings is 1. The number of hydrogen-bond acceptors (Lipinski definition) is 3. The molecular formula is C11H13BrN2O. The van der Waals surface area contributed by atoms with E-state index in [1.807, 2.05) is 19.1 Å². The van der Waals surface area contributed by atoms with Gasteiger partial charge in [0.05, 0.1) is 0 Å². The van der Waals surface area contributed by atoms with Crippen molar-refractivity contribution in [3.05, 3.63) is 22.8 Å². The summed E-state index contributed by atoms with van der Waals surface area (Å²) in [6.07, 6.45) is 2.41. The first-order chi connectivity index (χ1) is 7.16. The molecule has 1 aliphatic heterocycles. The number of aromatic nitrogens is 1. The maximum Gasteiger partial charge on any atom is 0.139 e. The van der Waals surface area contributed by atoms with Crippen molar-refractivity contribution in [1.29, 1.82) is 0 Å². The van der Waals surface area contributed by atoms with E-state index in [1.54, 1.807) is 6.20 Å². The van der Waals surface area contributed by atoms with E-state index in [4.69, 9.17) is 0 Å². The second-order valence-corrected chi connectivity index (χ2v) is 4.81. The van der Waals surface area contributed by atoms with Crippen LogP contribution in [0.5, 0.6) is 0 Å². The lowest BCUT2D eigenvalue weighted by Crippen LogP contribution is -2.39. The highest BCUT2D eigenvalue weighted by atomic mass is 79.9. The van der Waals surface area contributed by atoms with Crippen LogP contribution in [-0.2, 0) is 4.79 Å². The van der Waals surface area contributed by atoms with Gasteiger partial charge in [-0.3, -0.25) is 4.79 Å². The molecule has 1 unspecified atom stereocenters. The second kappa shape index (κ2) is 4.31. The molecule has 0 aliphatic carbocycles. The number of nitrogens with zero attached hydrogens (tertiary/aromatic N) is 2. The molecule has 1 atom stereocenters. The maximum atomic E-state index is 11.4. The van der Waals surface area contributed by atoms with Crippen LogP contribution in [0.3, 0.4) is 0 Å². The third-order valence-electron chi connectivity index (χ3n) is 2.70. The van der Waals surface area contributed by atoms with E-state index in [9.17, 15) is 4.79 Å². The zero-order valence-electron chi connectivity index (χ0n) is 8.61. The van der Waals surface area contributed by atoms with Gasteiger partial charge in [0.1, 0.15) is 11.6 Å². The first-order valence-electron chi connectivity index (χ1n) is 5.06. The summed E-state index contributed by atoms with van der Waals surface area (Å²) < 4.78 is 1.03. The van der Waals surface area contributed by atoms with Gasteiger partial charge in [-0.15, -0.1) is 0 Å². The molecule has 2 heterocycles.